The van der Waals surface area contributed by atoms with E-state index in [2.05, 4.69) is 10.3 Å². The zero-order valence-electron chi connectivity index (χ0n) is 16.3. The average Bonchev–Trinajstić information content (AvgIpc) is 3.09. The Bertz CT molecular complexity index is 1110. The summed E-state index contributed by atoms with van der Waals surface area (Å²) in [6.07, 6.45) is 0.0362. The Morgan fingerprint density at radius 3 is 2.80 bits per heavy atom. The summed E-state index contributed by atoms with van der Waals surface area (Å²) in [5, 5.41) is 3.55. The highest BCUT2D eigenvalue weighted by Gasteiger charge is 2.36. The van der Waals surface area contributed by atoms with Gasteiger partial charge in [0.2, 0.25) is 17.8 Å². The molecule has 9 heteroatoms. The Balaban J connectivity index is 1.58. The first kappa shape index (κ1) is 20.7. The number of carbonyl (C=O) groups excluding carboxylic acids is 2. The van der Waals surface area contributed by atoms with E-state index in [9.17, 15) is 9.59 Å². The van der Waals surface area contributed by atoms with E-state index in [1.165, 1.54) is 0 Å². The molecule has 0 aliphatic carbocycles. The average molecular weight is 447 g/mol. The highest BCUT2D eigenvalue weighted by Crippen LogP contribution is 2.31. The highest BCUT2D eigenvalue weighted by molar-refractivity contribution is 6.42. The van der Waals surface area contributed by atoms with Crippen molar-refractivity contribution in [1.82, 2.24) is 9.55 Å². The number of carbonyl (C=O) groups is 2. The molecule has 0 bridgehead atoms. The molecular formula is C21H20Cl2N4O3. The van der Waals surface area contributed by atoms with Crippen LogP contribution in [0.3, 0.4) is 0 Å². The smallest absolute Gasteiger partial charge is 0.234 e. The van der Waals surface area contributed by atoms with Crippen molar-refractivity contribution in [3.63, 3.8) is 0 Å². The summed E-state index contributed by atoms with van der Waals surface area (Å²) in [7, 11) is 1.58. The van der Waals surface area contributed by atoms with Crippen LogP contribution in [0.1, 0.15) is 6.42 Å². The standard InChI is InChI=1S/C21H20Cl2N4O3/c1-30-9-8-26-20(29)13(10-19(28)24-14-6-7-15(22)16(23)11-14)12-27-18-5-3-2-4-17(18)25-21(26)27/h2-7,11,13H,8-10,12H2,1H3,(H,24,28). The van der Waals surface area contributed by atoms with Gasteiger partial charge < -0.3 is 14.6 Å². The number of rotatable bonds is 6. The molecule has 7 nitrogen and oxygen atoms in total. The summed E-state index contributed by atoms with van der Waals surface area (Å²) in [4.78, 5) is 32.0. The van der Waals surface area contributed by atoms with Gasteiger partial charge in [0.15, 0.2) is 0 Å². The van der Waals surface area contributed by atoms with Crippen molar-refractivity contribution in [3.05, 3.63) is 52.5 Å². The van der Waals surface area contributed by atoms with Gasteiger partial charge in [-0.1, -0.05) is 35.3 Å². The van der Waals surface area contributed by atoms with E-state index in [0.717, 1.165) is 11.0 Å². The van der Waals surface area contributed by atoms with Crippen LogP contribution in [0, 0.1) is 5.92 Å². The van der Waals surface area contributed by atoms with E-state index < -0.39 is 5.92 Å². The first-order valence-electron chi connectivity index (χ1n) is 9.48. The van der Waals surface area contributed by atoms with E-state index in [1.807, 2.05) is 28.8 Å². The number of methoxy groups -OCH3 is 1. The Morgan fingerprint density at radius 1 is 1.23 bits per heavy atom. The van der Waals surface area contributed by atoms with Crippen LogP contribution in [0.25, 0.3) is 11.0 Å². The number of fused-ring (bicyclic) bond motifs is 3. The molecule has 2 amide bonds. The maximum atomic E-state index is 13.2. The first-order valence-corrected chi connectivity index (χ1v) is 10.2. The summed E-state index contributed by atoms with van der Waals surface area (Å²) in [5.74, 6) is -0.348. The second-order valence-electron chi connectivity index (χ2n) is 7.07. The van der Waals surface area contributed by atoms with Crippen LogP contribution in [-0.2, 0) is 20.9 Å². The second kappa shape index (κ2) is 8.63. The summed E-state index contributed by atoms with van der Waals surface area (Å²) in [6.45, 7) is 1.12. The predicted octanol–water partition coefficient (Wildman–Crippen LogP) is 3.98. The van der Waals surface area contributed by atoms with E-state index in [0.29, 0.717) is 41.4 Å². The van der Waals surface area contributed by atoms with Gasteiger partial charge in [0, 0.05) is 25.8 Å². The maximum Gasteiger partial charge on any atom is 0.234 e. The van der Waals surface area contributed by atoms with Crippen molar-refractivity contribution < 1.29 is 14.3 Å². The van der Waals surface area contributed by atoms with E-state index in [1.54, 1.807) is 30.2 Å². The molecule has 0 fully saturated rings. The molecule has 2 heterocycles. The van der Waals surface area contributed by atoms with Crippen molar-refractivity contribution in [1.29, 1.82) is 0 Å². The monoisotopic (exact) mass is 446 g/mol. The molecule has 3 aromatic rings. The Labute approximate surface area is 183 Å². The first-order chi connectivity index (χ1) is 14.5. The van der Waals surface area contributed by atoms with Gasteiger partial charge in [0.05, 0.1) is 40.1 Å². The number of benzene rings is 2. The molecule has 0 spiro atoms. The van der Waals surface area contributed by atoms with E-state index in [-0.39, 0.29) is 18.2 Å². The fourth-order valence-electron chi connectivity index (χ4n) is 3.62. The van der Waals surface area contributed by atoms with Crippen LogP contribution in [0.15, 0.2) is 42.5 Å². The third-order valence-electron chi connectivity index (χ3n) is 5.05. The number of nitrogens with zero attached hydrogens (tertiary/aromatic N) is 3. The predicted molar refractivity (Wildman–Crippen MR) is 117 cm³/mol. The quantitative estimate of drug-likeness (QED) is 0.620. The topological polar surface area (TPSA) is 76.5 Å². The lowest BCUT2D eigenvalue weighted by Crippen LogP contribution is -2.46. The molecule has 0 saturated carbocycles. The van der Waals surface area contributed by atoms with Gasteiger partial charge in [-0.2, -0.15) is 0 Å². The molecule has 1 atom stereocenters. The Hall–Kier alpha value is -2.61. The number of aromatic nitrogens is 2. The zero-order valence-corrected chi connectivity index (χ0v) is 17.8. The van der Waals surface area contributed by atoms with Crippen molar-refractivity contribution >= 4 is 57.7 Å². The molecule has 1 aromatic heterocycles. The third kappa shape index (κ3) is 4.01. The molecule has 1 N–H and O–H groups in total. The molecule has 1 aliphatic rings. The second-order valence-corrected chi connectivity index (χ2v) is 7.89. The van der Waals surface area contributed by atoms with Gasteiger partial charge in [-0.15, -0.1) is 0 Å². The number of para-hydroxylation sites is 2. The molecule has 0 saturated heterocycles. The molecule has 4 rings (SSSR count). The number of imidazole rings is 1. The van der Waals surface area contributed by atoms with Crippen LogP contribution >= 0.6 is 23.2 Å². The van der Waals surface area contributed by atoms with Gasteiger partial charge in [-0.3, -0.25) is 14.5 Å². The molecule has 1 aliphatic heterocycles. The fourth-order valence-corrected chi connectivity index (χ4v) is 3.92. The van der Waals surface area contributed by atoms with Crippen LogP contribution in [0.5, 0.6) is 0 Å². The van der Waals surface area contributed by atoms with Crippen molar-refractivity contribution in [3.8, 4) is 0 Å². The molecule has 2 aromatic carbocycles. The molecule has 1 unspecified atom stereocenters. The minimum absolute atomic E-state index is 0.0362. The van der Waals surface area contributed by atoms with Crippen LogP contribution in [0.2, 0.25) is 10.0 Å². The summed E-state index contributed by atoms with van der Waals surface area (Å²) in [6, 6.07) is 12.6. The molecule has 0 radical (unpaired) electrons. The van der Waals surface area contributed by atoms with Crippen LogP contribution in [-0.4, -0.2) is 41.6 Å². The maximum absolute atomic E-state index is 13.2. The van der Waals surface area contributed by atoms with Crippen molar-refractivity contribution in [2.24, 2.45) is 5.92 Å². The van der Waals surface area contributed by atoms with Crippen molar-refractivity contribution in [2.45, 2.75) is 13.0 Å². The van der Waals surface area contributed by atoms with E-state index >= 15 is 0 Å². The lowest BCUT2D eigenvalue weighted by Gasteiger charge is -2.32. The number of anilines is 2. The molecule has 156 valence electrons. The van der Waals surface area contributed by atoms with Gasteiger partial charge in [-0.05, 0) is 30.3 Å². The number of hydrogen-bond acceptors (Lipinski definition) is 4. The number of hydrogen-bond donors (Lipinski definition) is 1. The number of amides is 2. The number of halogens is 2. The lowest BCUT2D eigenvalue weighted by molar-refractivity contribution is -0.127. The van der Waals surface area contributed by atoms with Gasteiger partial charge >= 0.3 is 0 Å². The minimum Gasteiger partial charge on any atom is -0.383 e. The van der Waals surface area contributed by atoms with Gasteiger partial charge in [0.25, 0.3) is 0 Å². The Morgan fingerprint density at radius 2 is 2.03 bits per heavy atom. The Kier molecular flexibility index (Phi) is 5.94. The summed E-state index contributed by atoms with van der Waals surface area (Å²) < 4.78 is 7.15. The minimum atomic E-state index is -0.519. The van der Waals surface area contributed by atoms with Gasteiger partial charge in [0.1, 0.15) is 0 Å². The van der Waals surface area contributed by atoms with Crippen LogP contribution < -0.4 is 10.2 Å². The normalized spacial score (nSPS) is 16.0. The fraction of sp³-hybridized carbons (Fsp3) is 0.286. The SMILES string of the molecule is COCCN1C(=O)C(CC(=O)Nc2ccc(Cl)c(Cl)c2)Cn2c1nc1ccccc12. The van der Waals surface area contributed by atoms with Crippen molar-refractivity contribution in [2.75, 3.05) is 30.5 Å². The highest BCUT2D eigenvalue weighted by atomic mass is 35.5. The summed E-state index contributed by atoms with van der Waals surface area (Å²) >= 11 is 11.9. The molecular weight excluding hydrogens is 427 g/mol. The third-order valence-corrected chi connectivity index (χ3v) is 5.79. The number of nitrogens with one attached hydrogen (secondary N) is 1. The molecule has 30 heavy (non-hydrogen) atoms. The van der Waals surface area contributed by atoms with Gasteiger partial charge in [-0.25, -0.2) is 4.98 Å². The lowest BCUT2D eigenvalue weighted by atomic mass is 10.0. The number of ether oxygens (including phenoxy) is 1. The van der Waals surface area contributed by atoms with E-state index in [4.69, 9.17) is 27.9 Å². The summed E-state index contributed by atoms with van der Waals surface area (Å²) in [5.41, 5.74) is 2.27. The largest absolute Gasteiger partial charge is 0.383 e. The van der Waals surface area contributed by atoms with Crippen LogP contribution in [0.4, 0.5) is 11.6 Å². The zero-order chi connectivity index (χ0) is 21.3.